The molecule has 0 saturated heterocycles. The Bertz CT molecular complexity index is 1200. The number of ether oxygens (including phenoxy) is 3. The van der Waals surface area contributed by atoms with Gasteiger partial charge in [-0.3, -0.25) is 0 Å². The number of furan rings is 1. The van der Waals surface area contributed by atoms with Crippen molar-refractivity contribution in [2.45, 2.75) is 11.5 Å². The van der Waals surface area contributed by atoms with Crippen LogP contribution < -0.4 is 14.2 Å². The zero-order valence-corrected chi connectivity index (χ0v) is 16.8. The molecule has 0 radical (unpaired) electrons. The van der Waals surface area contributed by atoms with Crippen LogP contribution in [0.4, 0.5) is 0 Å². The molecule has 0 aliphatic carbocycles. The molecule has 1 aliphatic rings. The topological polar surface area (TPSA) is 57.9 Å². The van der Waals surface area contributed by atoms with Crippen molar-refractivity contribution in [1.82, 2.24) is 0 Å². The molecule has 0 bridgehead atoms. The zero-order valence-electron chi connectivity index (χ0n) is 16.0. The molecule has 0 N–H and O–H groups in total. The maximum absolute atomic E-state index is 12.9. The van der Waals surface area contributed by atoms with Crippen LogP contribution in [0.3, 0.4) is 0 Å². The summed E-state index contributed by atoms with van der Waals surface area (Å²) in [5, 5.41) is 0.927. The van der Waals surface area contributed by atoms with Gasteiger partial charge in [0.2, 0.25) is 12.6 Å². The van der Waals surface area contributed by atoms with E-state index >= 15 is 0 Å². The molecule has 1 aliphatic heterocycles. The van der Waals surface area contributed by atoms with Gasteiger partial charge in [-0.2, -0.15) is 11.8 Å². The summed E-state index contributed by atoms with van der Waals surface area (Å²) in [6.45, 7) is 0.166. The number of thioether (sulfide) groups is 1. The second-order valence-electron chi connectivity index (χ2n) is 6.79. The smallest absolute Gasteiger partial charge is 0.379 e. The van der Waals surface area contributed by atoms with Gasteiger partial charge in [0.05, 0.1) is 0 Å². The molecule has 2 heterocycles. The average Bonchev–Trinajstić information content (AvgIpc) is 3.39. The highest BCUT2D eigenvalue weighted by Crippen LogP contribution is 2.36. The molecule has 0 spiro atoms. The highest BCUT2D eigenvalue weighted by Gasteiger charge is 2.23. The average molecular weight is 418 g/mol. The number of hydrogen-bond acceptors (Lipinski definition) is 6. The van der Waals surface area contributed by atoms with Crippen molar-refractivity contribution < 1.29 is 23.4 Å². The van der Waals surface area contributed by atoms with E-state index in [2.05, 4.69) is 12.1 Å². The number of fused-ring (bicyclic) bond motifs is 2. The number of carbonyl (C=O) groups excluding carboxylic acids is 1. The van der Waals surface area contributed by atoms with E-state index in [0.717, 1.165) is 16.7 Å². The van der Waals surface area contributed by atoms with Crippen molar-refractivity contribution in [3.05, 3.63) is 89.7 Å². The van der Waals surface area contributed by atoms with Crippen LogP contribution in [0.2, 0.25) is 0 Å². The molecule has 0 fully saturated rings. The number of hydrogen-bond donors (Lipinski definition) is 0. The van der Waals surface area contributed by atoms with E-state index in [1.807, 2.05) is 42.5 Å². The molecule has 4 aromatic rings. The fourth-order valence-electron chi connectivity index (χ4n) is 3.35. The Morgan fingerprint density at radius 2 is 1.70 bits per heavy atom. The van der Waals surface area contributed by atoms with Gasteiger partial charge >= 0.3 is 5.97 Å². The first kappa shape index (κ1) is 18.6. The summed E-state index contributed by atoms with van der Waals surface area (Å²) in [7, 11) is 0. The van der Waals surface area contributed by atoms with Crippen molar-refractivity contribution in [1.29, 1.82) is 0 Å². The van der Waals surface area contributed by atoms with E-state index in [1.165, 1.54) is 5.56 Å². The minimum atomic E-state index is -0.527. The van der Waals surface area contributed by atoms with Crippen LogP contribution in [-0.4, -0.2) is 12.8 Å². The number of esters is 1. The molecule has 0 unspecified atom stereocenters. The lowest BCUT2D eigenvalue weighted by atomic mass is 10.1. The van der Waals surface area contributed by atoms with Gasteiger partial charge in [0.25, 0.3) is 0 Å². The molecule has 6 heteroatoms. The number of benzene rings is 3. The third kappa shape index (κ3) is 3.74. The normalized spacial score (nSPS) is 12.3. The molecule has 0 saturated carbocycles. The van der Waals surface area contributed by atoms with Gasteiger partial charge in [-0.05, 0) is 23.8 Å². The number of carbonyl (C=O) groups is 1. The van der Waals surface area contributed by atoms with Crippen LogP contribution in [0.1, 0.15) is 21.7 Å². The molecule has 0 amide bonds. The van der Waals surface area contributed by atoms with Crippen molar-refractivity contribution in [3.8, 4) is 17.2 Å². The standard InChI is InChI=1S/C24H18O5S/c25-24(28-17-10-11-21-22(12-17)27-15-26-21)23-19(18-8-4-5-9-20(18)29-23)14-30-13-16-6-2-1-3-7-16/h1-12H,13-15H2. The maximum atomic E-state index is 12.9. The Morgan fingerprint density at radius 1 is 0.900 bits per heavy atom. The molecule has 150 valence electrons. The molecule has 1 aromatic heterocycles. The van der Waals surface area contributed by atoms with Crippen LogP contribution in [-0.2, 0) is 11.5 Å². The zero-order chi connectivity index (χ0) is 20.3. The Balaban J connectivity index is 1.38. The fourth-order valence-corrected chi connectivity index (χ4v) is 4.37. The molecule has 5 nitrogen and oxygen atoms in total. The molecule has 0 atom stereocenters. The predicted molar refractivity (Wildman–Crippen MR) is 115 cm³/mol. The first-order valence-corrected chi connectivity index (χ1v) is 10.7. The molecular formula is C24H18O5S. The summed E-state index contributed by atoms with van der Waals surface area (Å²) < 4.78 is 22.1. The Kier molecular flexibility index (Phi) is 5.07. The van der Waals surface area contributed by atoms with Gasteiger partial charge in [0.15, 0.2) is 11.5 Å². The fraction of sp³-hybridized carbons (Fsp3) is 0.125. The van der Waals surface area contributed by atoms with E-state index in [0.29, 0.717) is 28.6 Å². The maximum Gasteiger partial charge on any atom is 0.379 e. The summed E-state index contributed by atoms with van der Waals surface area (Å²) in [6, 6.07) is 22.9. The van der Waals surface area contributed by atoms with E-state index in [4.69, 9.17) is 18.6 Å². The van der Waals surface area contributed by atoms with Crippen molar-refractivity contribution in [2.75, 3.05) is 6.79 Å². The predicted octanol–water partition coefficient (Wildman–Crippen LogP) is 5.81. The van der Waals surface area contributed by atoms with Crippen molar-refractivity contribution in [3.63, 3.8) is 0 Å². The second kappa shape index (κ2) is 8.16. The van der Waals surface area contributed by atoms with Crippen molar-refractivity contribution >= 4 is 28.7 Å². The highest BCUT2D eigenvalue weighted by molar-refractivity contribution is 7.97. The summed E-state index contributed by atoms with van der Waals surface area (Å²) >= 11 is 1.73. The Morgan fingerprint density at radius 3 is 2.60 bits per heavy atom. The van der Waals surface area contributed by atoms with E-state index in [1.54, 1.807) is 30.0 Å². The number of para-hydroxylation sites is 1. The monoisotopic (exact) mass is 418 g/mol. The Hall–Kier alpha value is -3.38. The van der Waals surface area contributed by atoms with Gasteiger partial charge in [-0.1, -0.05) is 48.5 Å². The summed E-state index contributed by atoms with van der Waals surface area (Å²) in [6.07, 6.45) is 0. The van der Waals surface area contributed by atoms with Gasteiger partial charge in [-0.25, -0.2) is 4.79 Å². The van der Waals surface area contributed by atoms with E-state index in [9.17, 15) is 4.79 Å². The highest BCUT2D eigenvalue weighted by atomic mass is 32.2. The van der Waals surface area contributed by atoms with Crippen LogP contribution in [0, 0.1) is 0 Å². The minimum Gasteiger partial charge on any atom is -0.454 e. The molecular weight excluding hydrogens is 400 g/mol. The Labute approximate surface area is 177 Å². The summed E-state index contributed by atoms with van der Waals surface area (Å²) in [5.74, 6) is 2.76. The third-order valence-corrected chi connectivity index (χ3v) is 5.83. The lowest BCUT2D eigenvalue weighted by molar-refractivity contribution is 0.0702. The van der Waals surface area contributed by atoms with Crippen molar-refractivity contribution in [2.24, 2.45) is 0 Å². The lowest BCUT2D eigenvalue weighted by Gasteiger charge is -2.06. The van der Waals surface area contributed by atoms with E-state index < -0.39 is 5.97 Å². The van der Waals surface area contributed by atoms with Crippen LogP contribution >= 0.6 is 11.8 Å². The van der Waals surface area contributed by atoms with Crippen LogP contribution in [0.25, 0.3) is 11.0 Å². The SMILES string of the molecule is O=C(Oc1ccc2c(c1)OCO2)c1oc2ccccc2c1CSCc1ccccc1. The summed E-state index contributed by atoms with van der Waals surface area (Å²) in [4.78, 5) is 12.9. The van der Waals surface area contributed by atoms with Gasteiger partial charge < -0.3 is 18.6 Å². The molecule has 5 rings (SSSR count). The first-order valence-electron chi connectivity index (χ1n) is 9.52. The second-order valence-corrected chi connectivity index (χ2v) is 7.77. The summed E-state index contributed by atoms with van der Waals surface area (Å²) in [5.41, 5.74) is 2.75. The van der Waals surface area contributed by atoms with Gasteiger partial charge in [0.1, 0.15) is 11.3 Å². The minimum absolute atomic E-state index is 0.166. The van der Waals surface area contributed by atoms with E-state index in [-0.39, 0.29) is 12.6 Å². The van der Waals surface area contributed by atoms with Crippen LogP contribution in [0.5, 0.6) is 17.2 Å². The van der Waals surface area contributed by atoms with Gasteiger partial charge in [-0.15, -0.1) is 0 Å². The van der Waals surface area contributed by atoms with Gasteiger partial charge in [0, 0.05) is 28.5 Å². The molecule has 3 aromatic carbocycles. The largest absolute Gasteiger partial charge is 0.454 e. The third-order valence-electron chi connectivity index (χ3n) is 4.80. The van der Waals surface area contributed by atoms with Crippen LogP contribution in [0.15, 0.2) is 77.2 Å². The first-order chi connectivity index (χ1) is 14.8. The quantitative estimate of drug-likeness (QED) is 0.291. The molecule has 30 heavy (non-hydrogen) atoms. The lowest BCUT2D eigenvalue weighted by Crippen LogP contribution is -2.09. The number of rotatable bonds is 6.